The zero-order valence-electron chi connectivity index (χ0n) is 11.9. The van der Waals surface area contributed by atoms with Crippen LogP contribution in [0, 0.1) is 16.0 Å². The van der Waals surface area contributed by atoms with E-state index < -0.39 is 22.7 Å². The van der Waals surface area contributed by atoms with Crippen molar-refractivity contribution in [2.45, 2.75) is 6.92 Å². The fraction of sp³-hybridized carbons (Fsp3) is 0.385. The summed E-state index contributed by atoms with van der Waals surface area (Å²) in [7, 11) is 2.67. The molecular formula is C13H16N2O6. The number of nitrogens with zero attached hydrogens (tertiary/aromatic N) is 2. The predicted octanol–water partition coefficient (Wildman–Crippen LogP) is 1.40. The highest BCUT2D eigenvalue weighted by molar-refractivity contribution is 5.98. The zero-order chi connectivity index (χ0) is 16.2. The van der Waals surface area contributed by atoms with Gasteiger partial charge in [-0.2, -0.15) is 0 Å². The smallest absolute Gasteiger partial charge is 0.311 e. The fourth-order valence-corrected chi connectivity index (χ4v) is 1.83. The number of carbonyl (C=O) groups is 2. The van der Waals surface area contributed by atoms with Crippen LogP contribution in [0.3, 0.4) is 0 Å². The Kier molecular flexibility index (Phi) is 5.23. The molecule has 0 heterocycles. The molecule has 1 aromatic rings. The van der Waals surface area contributed by atoms with E-state index in [1.54, 1.807) is 0 Å². The number of hydrogen-bond donors (Lipinski definition) is 1. The van der Waals surface area contributed by atoms with Crippen molar-refractivity contribution in [1.29, 1.82) is 0 Å². The van der Waals surface area contributed by atoms with E-state index in [0.717, 1.165) is 0 Å². The third-order valence-electron chi connectivity index (χ3n) is 2.94. The van der Waals surface area contributed by atoms with Gasteiger partial charge in [-0.25, -0.2) is 0 Å². The Morgan fingerprint density at radius 2 is 2.10 bits per heavy atom. The molecule has 21 heavy (non-hydrogen) atoms. The highest BCUT2D eigenvalue weighted by Gasteiger charge is 2.26. The number of methoxy groups -OCH3 is 1. The molecule has 8 heteroatoms. The highest BCUT2D eigenvalue weighted by Crippen LogP contribution is 2.31. The molecule has 0 spiro atoms. The van der Waals surface area contributed by atoms with Crippen LogP contribution in [0.1, 0.15) is 17.3 Å². The molecule has 0 radical (unpaired) electrons. The van der Waals surface area contributed by atoms with Gasteiger partial charge in [0, 0.05) is 19.7 Å². The number of carbonyl (C=O) groups excluding carboxylic acids is 1. The van der Waals surface area contributed by atoms with Crippen molar-refractivity contribution in [2.24, 2.45) is 5.92 Å². The van der Waals surface area contributed by atoms with Crippen LogP contribution in [0.25, 0.3) is 0 Å². The van der Waals surface area contributed by atoms with Crippen molar-refractivity contribution < 1.29 is 24.4 Å². The van der Waals surface area contributed by atoms with E-state index in [1.807, 2.05) is 0 Å². The fourth-order valence-electron chi connectivity index (χ4n) is 1.83. The molecule has 8 nitrogen and oxygen atoms in total. The van der Waals surface area contributed by atoms with Gasteiger partial charge in [0.05, 0.1) is 23.5 Å². The Morgan fingerprint density at radius 1 is 1.48 bits per heavy atom. The molecule has 1 rings (SSSR count). The second-order valence-electron chi connectivity index (χ2n) is 4.54. The minimum absolute atomic E-state index is 0.0139. The summed E-state index contributed by atoms with van der Waals surface area (Å²) in [6.45, 7) is 1.46. The highest BCUT2D eigenvalue weighted by atomic mass is 16.6. The second-order valence-corrected chi connectivity index (χ2v) is 4.54. The molecule has 1 atom stereocenters. The van der Waals surface area contributed by atoms with E-state index in [9.17, 15) is 19.7 Å². The Balaban J connectivity index is 3.10. The summed E-state index contributed by atoms with van der Waals surface area (Å²) in [6.07, 6.45) is 0. The molecule has 0 aliphatic heterocycles. The van der Waals surface area contributed by atoms with Crippen LogP contribution in [0.2, 0.25) is 0 Å². The van der Waals surface area contributed by atoms with Crippen molar-refractivity contribution in [3.05, 3.63) is 33.9 Å². The lowest BCUT2D eigenvalue weighted by Gasteiger charge is -2.20. The zero-order valence-corrected chi connectivity index (χ0v) is 11.9. The van der Waals surface area contributed by atoms with Gasteiger partial charge >= 0.3 is 11.7 Å². The molecule has 114 valence electrons. The van der Waals surface area contributed by atoms with E-state index in [1.165, 1.54) is 44.2 Å². The van der Waals surface area contributed by atoms with Crippen LogP contribution in [0.5, 0.6) is 5.75 Å². The Bertz CT molecular complexity index is 572. The predicted molar refractivity (Wildman–Crippen MR) is 73.4 cm³/mol. The molecule has 0 aliphatic carbocycles. The van der Waals surface area contributed by atoms with E-state index in [0.29, 0.717) is 0 Å². The van der Waals surface area contributed by atoms with Gasteiger partial charge in [-0.1, -0.05) is 13.0 Å². The number of rotatable bonds is 6. The molecular weight excluding hydrogens is 280 g/mol. The van der Waals surface area contributed by atoms with Gasteiger partial charge in [-0.05, 0) is 6.07 Å². The molecule has 1 amide bonds. The van der Waals surface area contributed by atoms with Crippen molar-refractivity contribution in [3.8, 4) is 5.75 Å². The SMILES string of the molecule is COc1c(C(=O)N(C)CC(C)C(=O)O)cccc1[N+](=O)[O-]. The van der Waals surface area contributed by atoms with Crippen molar-refractivity contribution in [1.82, 2.24) is 4.90 Å². The van der Waals surface area contributed by atoms with Crippen molar-refractivity contribution in [3.63, 3.8) is 0 Å². The average Bonchev–Trinajstić information content (AvgIpc) is 2.44. The normalized spacial score (nSPS) is 11.6. The molecule has 0 saturated heterocycles. The molecule has 0 fully saturated rings. The summed E-state index contributed by atoms with van der Waals surface area (Å²) in [5, 5.41) is 19.8. The van der Waals surface area contributed by atoms with Crippen molar-refractivity contribution in [2.75, 3.05) is 20.7 Å². The average molecular weight is 296 g/mol. The number of para-hydroxylation sites is 1. The Morgan fingerprint density at radius 3 is 2.57 bits per heavy atom. The molecule has 0 bridgehead atoms. The summed E-state index contributed by atoms with van der Waals surface area (Å²) in [5.74, 6) is -2.45. The summed E-state index contributed by atoms with van der Waals surface area (Å²) >= 11 is 0. The number of aliphatic carboxylic acids is 1. The third kappa shape index (κ3) is 3.68. The first-order valence-corrected chi connectivity index (χ1v) is 6.09. The summed E-state index contributed by atoms with van der Waals surface area (Å²) in [6, 6.07) is 4.01. The maximum Gasteiger partial charge on any atom is 0.311 e. The van der Waals surface area contributed by atoms with Gasteiger partial charge < -0.3 is 14.7 Å². The van der Waals surface area contributed by atoms with Gasteiger partial charge in [0.25, 0.3) is 5.91 Å². The molecule has 0 aliphatic rings. The number of amides is 1. The van der Waals surface area contributed by atoms with Gasteiger partial charge in [-0.3, -0.25) is 19.7 Å². The summed E-state index contributed by atoms with van der Waals surface area (Å²) in [5.41, 5.74) is -0.296. The number of hydrogen-bond acceptors (Lipinski definition) is 5. The lowest BCUT2D eigenvalue weighted by molar-refractivity contribution is -0.385. The number of ether oxygens (including phenoxy) is 1. The maximum atomic E-state index is 12.3. The molecule has 1 aromatic carbocycles. The maximum absolute atomic E-state index is 12.3. The molecule has 1 unspecified atom stereocenters. The number of carboxylic acid groups (broad SMARTS) is 1. The van der Waals surface area contributed by atoms with E-state index in [-0.39, 0.29) is 23.5 Å². The Labute approximate surface area is 121 Å². The van der Waals surface area contributed by atoms with Crippen LogP contribution in [-0.4, -0.2) is 47.5 Å². The largest absolute Gasteiger partial charge is 0.490 e. The molecule has 1 N–H and O–H groups in total. The molecule has 0 saturated carbocycles. The monoisotopic (exact) mass is 296 g/mol. The minimum atomic E-state index is -1.03. The van der Waals surface area contributed by atoms with Crippen LogP contribution >= 0.6 is 0 Å². The van der Waals surface area contributed by atoms with E-state index in [4.69, 9.17) is 9.84 Å². The Hall–Kier alpha value is -2.64. The number of nitro groups is 1. The topological polar surface area (TPSA) is 110 Å². The van der Waals surface area contributed by atoms with Gasteiger partial charge in [0.1, 0.15) is 0 Å². The van der Waals surface area contributed by atoms with Crippen LogP contribution in [-0.2, 0) is 4.79 Å². The van der Waals surface area contributed by atoms with Crippen molar-refractivity contribution >= 4 is 17.6 Å². The first-order valence-electron chi connectivity index (χ1n) is 6.09. The standard InChI is InChI=1S/C13H16N2O6/c1-8(13(17)18)7-14(2)12(16)9-5-4-6-10(15(19)20)11(9)21-3/h4-6,8H,7H2,1-3H3,(H,17,18). The number of carboxylic acids is 1. The number of nitro benzene ring substituents is 1. The minimum Gasteiger partial charge on any atom is -0.490 e. The van der Waals surface area contributed by atoms with E-state index in [2.05, 4.69) is 0 Å². The van der Waals surface area contributed by atoms with Crippen LogP contribution in [0.15, 0.2) is 18.2 Å². The van der Waals surface area contributed by atoms with E-state index >= 15 is 0 Å². The molecule has 0 aromatic heterocycles. The first kappa shape index (κ1) is 16.4. The second kappa shape index (κ2) is 6.69. The van der Waals surface area contributed by atoms with Gasteiger partial charge in [0.15, 0.2) is 0 Å². The van der Waals surface area contributed by atoms with Gasteiger partial charge in [-0.15, -0.1) is 0 Å². The van der Waals surface area contributed by atoms with Gasteiger partial charge in [0.2, 0.25) is 5.75 Å². The lowest BCUT2D eigenvalue weighted by atomic mass is 10.1. The summed E-state index contributed by atoms with van der Waals surface area (Å²) < 4.78 is 4.96. The third-order valence-corrected chi connectivity index (χ3v) is 2.94. The first-order chi connectivity index (χ1) is 9.79. The number of benzene rings is 1. The van der Waals surface area contributed by atoms with Crippen LogP contribution in [0.4, 0.5) is 5.69 Å². The quantitative estimate of drug-likeness (QED) is 0.627. The summed E-state index contributed by atoms with van der Waals surface area (Å²) in [4.78, 5) is 34.6. The lowest BCUT2D eigenvalue weighted by Crippen LogP contribution is -2.33. The van der Waals surface area contributed by atoms with Crippen LogP contribution < -0.4 is 4.74 Å².